The smallest absolute Gasteiger partial charge is 0.321 e. The van der Waals surface area contributed by atoms with Gasteiger partial charge in [-0.3, -0.25) is 0 Å². The highest BCUT2D eigenvalue weighted by atomic mass is 16.5. The Bertz CT molecular complexity index is 641. The van der Waals surface area contributed by atoms with Crippen LogP contribution in [0.3, 0.4) is 0 Å². The monoisotopic (exact) mass is 330 g/mol. The van der Waals surface area contributed by atoms with E-state index in [-0.39, 0.29) is 6.03 Å². The fraction of sp³-hybridized carbons (Fsp3) is 0.278. The van der Waals surface area contributed by atoms with E-state index >= 15 is 0 Å². The van der Waals surface area contributed by atoms with Crippen molar-refractivity contribution >= 4 is 11.7 Å². The summed E-state index contributed by atoms with van der Waals surface area (Å²) in [4.78, 5) is 13.7. The second-order valence-electron chi connectivity index (χ2n) is 5.10. The number of benzene rings is 2. The van der Waals surface area contributed by atoms with Gasteiger partial charge in [0.2, 0.25) is 0 Å². The van der Waals surface area contributed by atoms with Crippen LogP contribution < -0.4 is 19.5 Å². The Kier molecular flexibility index (Phi) is 6.31. The third-order valence-corrected chi connectivity index (χ3v) is 3.44. The van der Waals surface area contributed by atoms with Crippen molar-refractivity contribution in [2.45, 2.75) is 0 Å². The molecule has 24 heavy (non-hydrogen) atoms. The van der Waals surface area contributed by atoms with E-state index in [0.717, 1.165) is 17.2 Å². The number of hydrogen-bond acceptors (Lipinski definition) is 4. The second kappa shape index (κ2) is 8.67. The lowest BCUT2D eigenvalue weighted by molar-refractivity contribution is 0.207. The van der Waals surface area contributed by atoms with Crippen LogP contribution in [0.1, 0.15) is 0 Å². The van der Waals surface area contributed by atoms with E-state index < -0.39 is 0 Å². The minimum Gasteiger partial charge on any atom is -0.497 e. The predicted molar refractivity (Wildman–Crippen MR) is 93.1 cm³/mol. The third-order valence-electron chi connectivity index (χ3n) is 3.44. The SMILES string of the molecule is COc1ccc(NC(=O)N(C)CCOc2ccc(OC)cc2)cc1. The van der Waals surface area contributed by atoms with E-state index in [2.05, 4.69) is 5.32 Å². The lowest BCUT2D eigenvalue weighted by Crippen LogP contribution is -2.34. The van der Waals surface area contributed by atoms with Crippen molar-refractivity contribution < 1.29 is 19.0 Å². The molecule has 0 aliphatic rings. The van der Waals surface area contributed by atoms with E-state index in [1.807, 2.05) is 24.3 Å². The lowest BCUT2D eigenvalue weighted by atomic mass is 10.3. The van der Waals surface area contributed by atoms with Crippen LogP contribution in [-0.2, 0) is 0 Å². The van der Waals surface area contributed by atoms with Crippen molar-refractivity contribution in [1.29, 1.82) is 0 Å². The first-order valence-corrected chi connectivity index (χ1v) is 7.55. The van der Waals surface area contributed by atoms with E-state index in [9.17, 15) is 4.79 Å². The Labute approximate surface area is 141 Å². The quantitative estimate of drug-likeness (QED) is 0.846. The van der Waals surface area contributed by atoms with Gasteiger partial charge >= 0.3 is 6.03 Å². The summed E-state index contributed by atoms with van der Waals surface area (Å²) in [5.41, 5.74) is 0.712. The van der Waals surface area contributed by atoms with Crippen molar-refractivity contribution in [3.63, 3.8) is 0 Å². The molecule has 0 unspecified atom stereocenters. The standard InChI is InChI=1S/C18H22N2O4/c1-20(12-13-24-17-10-8-16(23-3)9-11-17)18(21)19-14-4-6-15(22-2)7-5-14/h4-11H,12-13H2,1-3H3,(H,19,21). The molecule has 6 heteroatoms. The zero-order valence-electron chi connectivity index (χ0n) is 14.1. The van der Waals surface area contributed by atoms with E-state index in [1.54, 1.807) is 50.4 Å². The highest BCUT2D eigenvalue weighted by Gasteiger charge is 2.09. The molecule has 1 N–H and O–H groups in total. The number of rotatable bonds is 7. The molecule has 128 valence electrons. The Hall–Kier alpha value is -2.89. The molecule has 6 nitrogen and oxygen atoms in total. The summed E-state index contributed by atoms with van der Waals surface area (Å²) in [6.07, 6.45) is 0. The molecule has 0 radical (unpaired) electrons. The molecule has 0 fully saturated rings. The van der Waals surface area contributed by atoms with Crippen molar-refractivity contribution in [2.75, 3.05) is 39.7 Å². The summed E-state index contributed by atoms with van der Waals surface area (Å²) >= 11 is 0. The number of hydrogen-bond donors (Lipinski definition) is 1. The van der Waals surface area contributed by atoms with Crippen LogP contribution in [0, 0.1) is 0 Å². The summed E-state index contributed by atoms with van der Waals surface area (Å²) in [7, 11) is 4.94. The van der Waals surface area contributed by atoms with Crippen LogP contribution in [0.2, 0.25) is 0 Å². The highest BCUT2D eigenvalue weighted by molar-refractivity contribution is 5.89. The Morgan fingerprint density at radius 2 is 1.42 bits per heavy atom. The Morgan fingerprint density at radius 3 is 1.96 bits per heavy atom. The highest BCUT2D eigenvalue weighted by Crippen LogP contribution is 2.17. The van der Waals surface area contributed by atoms with E-state index in [1.165, 1.54) is 0 Å². The Morgan fingerprint density at radius 1 is 0.917 bits per heavy atom. The first-order chi connectivity index (χ1) is 11.6. The van der Waals surface area contributed by atoms with Gasteiger partial charge in [0.25, 0.3) is 0 Å². The first-order valence-electron chi connectivity index (χ1n) is 7.55. The number of ether oxygens (including phenoxy) is 3. The van der Waals surface area contributed by atoms with Gasteiger partial charge in [0, 0.05) is 12.7 Å². The molecule has 2 amide bonds. The molecule has 0 aliphatic carbocycles. The fourth-order valence-electron chi connectivity index (χ4n) is 1.97. The zero-order chi connectivity index (χ0) is 17.4. The number of anilines is 1. The van der Waals surface area contributed by atoms with Gasteiger partial charge in [-0.15, -0.1) is 0 Å². The van der Waals surface area contributed by atoms with Crippen molar-refractivity contribution in [2.24, 2.45) is 0 Å². The van der Waals surface area contributed by atoms with Crippen molar-refractivity contribution in [3.05, 3.63) is 48.5 Å². The first kappa shape index (κ1) is 17.5. The summed E-state index contributed by atoms with van der Waals surface area (Å²) < 4.78 is 15.8. The van der Waals surface area contributed by atoms with Gasteiger partial charge < -0.3 is 24.4 Å². The molecule has 0 bridgehead atoms. The van der Waals surface area contributed by atoms with Gasteiger partial charge in [0.15, 0.2) is 0 Å². The maximum Gasteiger partial charge on any atom is 0.321 e. The van der Waals surface area contributed by atoms with Crippen LogP contribution in [0.15, 0.2) is 48.5 Å². The van der Waals surface area contributed by atoms with E-state index in [0.29, 0.717) is 18.8 Å². The van der Waals surface area contributed by atoms with E-state index in [4.69, 9.17) is 14.2 Å². The largest absolute Gasteiger partial charge is 0.497 e. The number of amides is 2. The van der Waals surface area contributed by atoms with Gasteiger partial charge in [0.1, 0.15) is 23.9 Å². The minimum atomic E-state index is -0.196. The molecule has 2 aromatic rings. The van der Waals surface area contributed by atoms with Crippen LogP contribution in [0.25, 0.3) is 0 Å². The van der Waals surface area contributed by atoms with Gasteiger partial charge in [0.05, 0.1) is 20.8 Å². The molecule has 0 aromatic heterocycles. The van der Waals surface area contributed by atoms with Crippen LogP contribution in [0.4, 0.5) is 10.5 Å². The number of urea groups is 1. The summed E-state index contributed by atoms with van der Waals surface area (Å²) in [5, 5.41) is 2.82. The summed E-state index contributed by atoms with van der Waals surface area (Å²) in [5.74, 6) is 2.26. The molecule has 0 heterocycles. The number of carbonyl (C=O) groups is 1. The maximum atomic E-state index is 12.1. The fourth-order valence-corrected chi connectivity index (χ4v) is 1.97. The number of carbonyl (C=O) groups excluding carboxylic acids is 1. The topological polar surface area (TPSA) is 60.0 Å². The number of methoxy groups -OCH3 is 2. The summed E-state index contributed by atoms with van der Waals surface area (Å²) in [6, 6.07) is 14.3. The number of nitrogens with one attached hydrogen (secondary N) is 1. The molecule has 0 saturated heterocycles. The summed E-state index contributed by atoms with van der Waals surface area (Å²) in [6.45, 7) is 0.868. The normalized spacial score (nSPS) is 9.96. The second-order valence-corrected chi connectivity index (χ2v) is 5.10. The van der Waals surface area contributed by atoms with Gasteiger partial charge in [-0.1, -0.05) is 0 Å². The minimum absolute atomic E-state index is 0.196. The molecular formula is C18H22N2O4. The van der Waals surface area contributed by atoms with Crippen LogP contribution >= 0.6 is 0 Å². The molecule has 0 saturated carbocycles. The van der Waals surface area contributed by atoms with Crippen LogP contribution in [0.5, 0.6) is 17.2 Å². The molecule has 0 spiro atoms. The molecular weight excluding hydrogens is 308 g/mol. The zero-order valence-corrected chi connectivity index (χ0v) is 14.1. The average Bonchev–Trinajstić information content (AvgIpc) is 2.62. The van der Waals surface area contributed by atoms with Crippen molar-refractivity contribution in [1.82, 2.24) is 4.90 Å². The predicted octanol–water partition coefficient (Wildman–Crippen LogP) is 3.25. The molecule has 0 aliphatic heterocycles. The van der Waals surface area contributed by atoms with Crippen LogP contribution in [-0.4, -0.2) is 45.3 Å². The van der Waals surface area contributed by atoms with Crippen molar-refractivity contribution in [3.8, 4) is 17.2 Å². The number of likely N-dealkylation sites (N-methyl/N-ethyl adjacent to an activating group) is 1. The molecule has 2 aromatic carbocycles. The Balaban J connectivity index is 1.76. The number of nitrogens with zero attached hydrogens (tertiary/aromatic N) is 1. The average molecular weight is 330 g/mol. The lowest BCUT2D eigenvalue weighted by Gasteiger charge is -2.18. The van der Waals surface area contributed by atoms with Gasteiger partial charge in [-0.05, 0) is 48.5 Å². The van der Waals surface area contributed by atoms with Gasteiger partial charge in [-0.2, -0.15) is 0 Å². The third kappa shape index (κ3) is 5.08. The maximum absolute atomic E-state index is 12.1. The molecule has 0 atom stereocenters. The van der Waals surface area contributed by atoms with Gasteiger partial charge in [-0.25, -0.2) is 4.79 Å². The molecule has 2 rings (SSSR count).